The zero-order chi connectivity index (χ0) is 15.2. The van der Waals surface area contributed by atoms with Crippen LogP contribution in [0.5, 0.6) is 0 Å². The quantitative estimate of drug-likeness (QED) is 0.723. The lowest BCUT2D eigenvalue weighted by Gasteiger charge is -2.12. The van der Waals surface area contributed by atoms with Crippen molar-refractivity contribution in [3.8, 4) is 0 Å². The Labute approximate surface area is 126 Å². The zero-order valence-corrected chi connectivity index (χ0v) is 12.7. The molecular weight excluding hydrogens is 296 g/mol. The monoisotopic (exact) mass is 314 g/mol. The molecule has 2 rings (SSSR count). The number of thioether (sulfide) groups is 1. The molecule has 0 spiro atoms. The van der Waals surface area contributed by atoms with E-state index < -0.39 is 17.2 Å². The minimum Gasteiger partial charge on any atom is -0.376 e. The van der Waals surface area contributed by atoms with Gasteiger partial charge in [0, 0.05) is 13.7 Å². The number of aromatic nitrogens is 4. The van der Waals surface area contributed by atoms with Crippen molar-refractivity contribution in [3.63, 3.8) is 0 Å². The fourth-order valence-electron chi connectivity index (χ4n) is 1.86. The van der Waals surface area contributed by atoms with Gasteiger partial charge in [0.15, 0.2) is 0 Å². The second-order valence-electron chi connectivity index (χ2n) is 4.61. The first kappa shape index (κ1) is 15.7. The Morgan fingerprint density at radius 3 is 3.05 bits per heavy atom. The highest BCUT2D eigenvalue weighted by atomic mass is 32.2. The molecule has 1 aromatic heterocycles. The highest BCUT2D eigenvalue weighted by Crippen LogP contribution is 2.22. The van der Waals surface area contributed by atoms with E-state index in [1.807, 2.05) is 0 Å². The Bertz CT molecular complexity index is 502. The van der Waals surface area contributed by atoms with Gasteiger partial charge in [0.2, 0.25) is 11.1 Å². The summed E-state index contributed by atoms with van der Waals surface area (Å²) in [6.07, 6.45) is 2.14. The molecule has 1 fully saturated rings. The third-order valence-corrected chi connectivity index (χ3v) is 4.09. The van der Waals surface area contributed by atoms with Crippen molar-refractivity contribution in [3.05, 3.63) is 0 Å². The number of rotatable bonds is 5. The second-order valence-corrected chi connectivity index (χ2v) is 5.92. The molecule has 1 aromatic rings. The number of hydrogen-bond donors (Lipinski definition) is 2. The molecule has 2 N–H and O–H groups in total. The number of amides is 3. The van der Waals surface area contributed by atoms with Crippen LogP contribution in [0.15, 0.2) is 5.16 Å². The van der Waals surface area contributed by atoms with Crippen LogP contribution in [0.1, 0.15) is 19.8 Å². The van der Waals surface area contributed by atoms with Gasteiger partial charge in [0.25, 0.3) is 0 Å². The number of ether oxygens (including phenoxy) is 1. The molecule has 2 atom stereocenters. The van der Waals surface area contributed by atoms with Crippen LogP contribution in [0, 0.1) is 0 Å². The molecule has 0 aliphatic carbocycles. The molecule has 10 heteroatoms. The first-order chi connectivity index (χ1) is 10.1. The van der Waals surface area contributed by atoms with E-state index in [-0.39, 0.29) is 6.10 Å². The number of carbonyl (C=O) groups is 2. The first-order valence-electron chi connectivity index (χ1n) is 6.67. The smallest absolute Gasteiger partial charge is 0.321 e. The molecule has 0 unspecified atom stereocenters. The van der Waals surface area contributed by atoms with Crippen molar-refractivity contribution < 1.29 is 14.3 Å². The summed E-state index contributed by atoms with van der Waals surface area (Å²) in [6, 6.07) is -0.536. The minimum absolute atomic E-state index is 0.114. The van der Waals surface area contributed by atoms with Gasteiger partial charge in [0.1, 0.15) is 0 Å². The van der Waals surface area contributed by atoms with Crippen LogP contribution in [-0.2, 0) is 16.1 Å². The maximum absolute atomic E-state index is 11.8. The van der Waals surface area contributed by atoms with Gasteiger partial charge in [-0.25, -0.2) is 9.48 Å². The van der Waals surface area contributed by atoms with Crippen molar-refractivity contribution in [2.45, 2.75) is 42.8 Å². The lowest BCUT2D eigenvalue weighted by molar-refractivity contribution is -0.119. The fourth-order valence-corrected chi connectivity index (χ4v) is 2.66. The molecule has 1 aliphatic rings. The molecule has 3 amide bonds. The van der Waals surface area contributed by atoms with Gasteiger partial charge < -0.3 is 10.1 Å². The van der Waals surface area contributed by atoms with E-state index in [0.29, 0.717) is 11.7 Å². The van der Waals surface area contributed by atoms with E-state index in [2.05, 4.69) is 26.2 Å². The third kappa shape index (κ3) is 4.39. The van der Waals surface area contributed by atoms with Crippen LogP contribution in [0.3, 0.4) is 0 Å². The van der Waals surface area contributed by atoms with E-state index >= 15 is 0 Å². The summed E-state index contributed by atoms with van der Waals surface area (Å²) in [4.78, 5) is 22.9. The standard InChI is InChI=1S/C11H18N6O3S/c1-7(9(18)13-10(19)12-2)21-11-14-15-16-17(11)6-8-4-3-5-20-8/h7-8H,3-6H2,1-2H3,(H2,12,13,18,19)/t7-,8+/m0/s1. The summed E-state index contributed by atoms with van der Waals surface area (Å²) in [5.74, 6) is -0.397. The molecule has 1 saturated heterocycles. The fraction of sp³-hybridized carbons (Fsp3) is 0.727. The van der Waals surface area contributed by atoms with E-state index in [1.54, 1.807) is 11.6 Å². The predicted octanol–water partition coefficient (Wildman–Crippen LogP) is -0.212. The molecule has 2 heterocycles. The van der Waals surface area contributed by atoms with Crippen molar-refractivity contribution >= 4 is 23.7 Å². The number of hydrogen-bond acceptors (Lipinski definition) is 7. The first-order valence-corrected chi connectivity index (χ1v) is 7.55. The largest absolute Gasteiger partial charge is 0.376 e. The van der Waals surface area contributed by atoms with E-state index in [0.717, 1.165) is 19.4 Å². The molecule has 1 aliphatic heterocycles. The van der Waals surface area contributed by atoms with Crippen LogP contribution in [0.25, 0.3) is 0 Å². The van der Waals surface area contributed by atoms with Crippen LogP contribution < -0.4 is 10.6 Å². The molecule has 21 heavy (non-hydrogen) atoms. The highest BCUT2D eigenvalue weighted by Gasteiger charge is 2.22. The number of tetrazole rings is 1. The Kier molecular flexibility index (Phi) is 5.51. The summed E-state index contributed by atoms with van der Waals surface area (Å²) >= 11 is 1.20. The van der Waals surface area contributed by atoms with Gasteiger partial charge in [0.05, 0.1) is 17.9 Å². The van der Waals surface area contributed by atoms with Gasteiger partial charge in [-0.1, -0.05) is 11.8 Å². The van der Waals surface area contributed by atoms with E-state index in [1.165, 1.54) is 18.8 Å². The Balaban J connectivity index is 1.91. The Hall–Kier alpha value is -1.68. The molecule has 9 nitrogen and oxygen atoms in total. The summed E-state index contributed by atoms with van der Waals surface area (Å²) in [6.45, 7) is 3.02. The van der Waals surface area contributed by atoms with Gasteiger partial charge in [-0.3, -0.25) is 10.1 Å². The predicted molar refractivity (Wildman–Crippen MR) is 74.7 cm³/mol. The number of imide groups is 1. The van der Waals surface area contributed by atoms with E-state index in [9.17, 15) is 9.59 Å². The van der Waals surface area contributed by atoms with E-state index in [4.69, 9.17) is 4.74 Å². The third-order valence-electron chi connectivity index (χ3n) is 3.01. The molecule has 0 bridgehead atoms. The van der Waals surface area contributed by atoms with Crippen LogP contribution >= 0.6 is 11.8 Å². The van der Waals surface area contributed by atoms with Crippen LogP contribution in [-0.4, -0.2) is 57.2 Å². The number of nitrogens with one attached hydrogen (secondary N) is 2. The van der Waals surface area contributed by atoms with Gasteiger partial charge in [-0.15, -0.1) is 5.10 Å². The second kappa shape index (κ2) is 7.36. The maximum Gasteiger partial charge on any atom is 0.321 e. The van der Waals surface area contributed by atoms with Crippen molar-refractivity contribution in [2.75, 3.05) is 13.7 Å². The van der Waals surface area contributed by atoms with Crippen molar-refractivity contribution in [1.29, 1.82) is 0 Å². The summed E-state index contributed by atoms with van der Waals surface area (Å²) in [7, 11) is 1.45. The van der Waals surface area contributed by atoms with Crippen LogP contribution in [0.2, 0.25) is 0 Å². The average Bonchev–Trinajstić information content (AvgIpc) is 3.11. The number of urea groups is 1. The zero-order valence-electron chi connectivity index (χ0n) is 11.9. The van der Waals surface area contributed by atoms with Gasteiger partial charge >= 0.3 is 6.03 Å². The Morgan fingerprint density at radius 2 is 2.38 bits per heavy atom. The van der Waals surface area contributed by atoms with Crippen LogP contribution in [0.4, 0.5) is 4.79 Å². The van der Waals surface area contributed by atoms with Gasteiger partial charge in [-0.2, -0.15) is 0 Å². The Morgan fingerprint density at radius 1 is 1.57 bits per heavy atom. The molecule has 0 aromatic carbocycles. The summed E-state index contributed by atoms with van der Waals surface area (Å²) in [5.41, 5.74) is 0. The summed E-state index contributed by atoms with van der Waals surface area (Å²) in [5, 5.41) is 16.0. The maximum atomic E-state index is 11.8. The van der Waals surface area contributed by atoms with Crippen molar-refractivity contribution in [2.24, 2.45) is 0 Å². The average molecular weight is 314 g/mol. The summed E-state index contributed by atoms with van der Waals surface area (Å²) < 4.78 is 7.17. The van der Waals surface area contributed by atoms with Gasteiger partial charge in [-0.05, 0) is 30.2 Å². The molecule has 0 radical (unpaired) electrons. The lowest BCUT2D eigenvalue weighted by atomic mass is 10.2. The highest BCUT2D eigenvalue weighted by molar-refractivity contribution is 8.00. The number of nitrogens with zero attached hydrogens (tertiary/aromatic N) is 4. The molecule has 116 valence electrons. The van der Waals surface area contributed by atoms with Crippen molar-refractivity contribution in [1.82, 2.24) is 30.8 Å². The minimum atomic E-state index is -0.536. The number of carbonyl (C=O) groups excluding carboxylic acids is 2. The lowest BCUT2D eigenvalue weighted by Crippen LogP contribution is -2.41. The molecular formula is C11H18N6O3S. The SMILES string of the molecule is CNC(=O)NC(=O)[C@H](C)Sc1nnnn1C[C@H]1CCCO1. The topological polar surface area (TPSA) is 111 Å². The normalized spacial score (nSPS) is 19.2. The molecule has 0 saturated carbocycles.